The number of aromatic hydroxyl groups is 1. The molecule has 0 saturated heterocycles. The molecule has 1 nitrogen and oxygen atoms in total. The monoisotopic (exact) mass is 210 g/mol. The Morgan fingerprint density at radius 1 is 1.31 bits per heavy atom. The van der Waals surface area contributed by atoms with E-state index in [2.05, 4.69) is 0 Å². The minimum Gasteiger partial charge on any atom is -0.507 e. The van der Waals surface area contributed by atoms with Gasteiger partial charge in [-0.3, -0.25) is 0 Å². The van der Waals surface area contributed by atoms with Crippen molar-refractivity contribution in [3.8, 4) is 5.75 Å². The standard InChI is InChI=1S/C8H6ClF3O/c1-4-2-5(9)3-6(7(4)13)8(10,11)12/h2-3,13H,1H3. The minimum absolute atomic E-state index is 0.0392. The second-order valence-electron chi connectivity index (χ2n) is 2.62. The summed E-state index contributed by atoms with van der Waals surface area (Å²) >= 11 is 5.42. The zero-order chi connectivity index (χ0) is 10.2. The Kier molecular flexibility index (Phi) is 2.43. The molecule has 1 rings (SSSR count). The summed E-state index contributed by atoms with van der Waals surface area (Å²) in [6, 6.07) is 1.97. The molecule has 0 heterocycles. The van der Waals surface area contributed by atoms with Crippen molar-refractivity contribution < 1.29 is 18.3 Å². The van der Waals surface area contributed by atoms with Crippen LogP contribution in [0.25, 0.3) is 0 Å². The van der Waals surface area contributed by atoms with Gasteiger partial charge in [0.25, 0.3) is 0 Å². The summed E-state index contributed by atoms with van der Waals surface area (Å²) < 4.78 is 36.6. The molecule has 5 heteroatoms. The van der Waals surface area contributed by atoms with Crippen LogP contribution in [0.1, 0.15) is 11.1 Å². The van der Waals surface area contributed by atoms with Crippen LogP contribution in [0.4, 0.5) is 13.2 Å². The highest BCUT2D eigenvalue weighted by Crippen LogP contribution is 2.38. The van der Waals surface area contributed by atoms with E-state index in [0.717, 1.165) is 0 Å². The van der Waals surface area contributed by atoms with Gasteiger partial charge in [0.05, 0.1) is 5.56 Å². The van der Waals surface area contributed by atoms with Gasteiger partial charge in [-0.1, -0.05) is 11.6 Å². The predicted octanol–water partition coefficient (Wildman–Crippen LogP) is 3.37. The molecule has 0 aromatic heterocycles. The highest BCUT2D eigenvalue weighted by Gasteiger charge is 2.34. The van der Waals surface area contributed by atoms with Crippen LogP contribution >= 0.6 is 11.6 Å². The van der Waals surface area contributed by atoms with Crippen molar-refractivity contribution in [1.82, 2.24) is 0 Å². The Morgan fingerprint density at radius 2 is 1.85 bits per heavy atom. The molecule has 0 amide bonds. The normalized spacial score (nSPS) is 11.8. The molecule has 0 atom stereocenters. The number of benzene rings is 1. The number of hydrogen-bond donors (Lipinski definition) is 1. The first-order valence-corrected chi connectivity index (χ1v) is 3.76. The van der Waals surface area contributed by atoms with Gasteiger partial charge >= 0.3 is 6.18 Å². The molecule has 0 fully saturated rings. The molecule has 72 valence electrons. The van der Waals surface area contributed by atoms with Crippen molar-refractivity contribution in [3.05, 3.63) is 28.3 Å². The Hall–Kier alpha value is -0.900. The molecule has 1 aromatic carbocycles. The van der Waals surface area contributed by atoms with E-state index in [0.29, 0.717) is 6.07 Å². The first-order valence-electron chi connectivity index (χ1n) is 3.38. The lowest BCUT2D eigenvalue weighted by Crippen LogP contribution is -2.05. The van der Waals surface area contributed by atoms with Crippen LogP contribution in [-0.2, 0) is 6.18 Å². The van der Waals surface area contributed by atoms with Crippen molar-refractivity contribution in [2.24, 2.45) is 0 Å². The number of phenols is 1. The number of aryl methyl sites for hydroxylation is 1. The lowest BCUT2D eigenvalue weighted by Gasteiger charge is -2.10. The van der Waals surface area contributed by atoms with E-state index in [9.17, 15) is 13.2 Å². The molecule has 1 N–H and O–H groups in total. The van der Waals surface area contributed by atoms with Gasteiger partial charge in [0, 0.05) is 5.02 Å². The molecule has 0 bridgehead atoms. The summed E-state index contributed by atoms with van der Waals surface area (Å²) in [5.74, 6) is -0.767. The fourth-order valence-electron chi connectivity index (χ4n) is 0.952. The van der Waals surface area contributed by atoms with Crippen LogP contribution < -0.4 is 0 Å². The number of alkyl halides is 3. The maximum atomic E-state index is 12.2. The van der Waals surface area contributed by atoms with Crippen LogP contribution in [0.5, 0.6) is 5.75 Å². The molecule has 0 saturated carbocycles. The van der Waals surface area contributed by atoms with Crippen molar-refractivity contribution >= 4 is 11.6 Å². The van der Waals surface area contributed by atoms with Crippen molar-refractivity contribution in [1.29, 1.82) is 0 Å². The SMILES string of the molecule is Cc1cc(Cl)cc(C(F)(F)F)c1O. The largest absolute Gasteiger partial charge is 0.507 e. The second kappa shape index (κ2) is 3.10. The van der Waals surface area contributed by atoms with Crippen LogP contribution in [0, 0.1) is 6.92 Å². The quantitative estimate of drug-likeness (QED) is 0.696. The van der Waals surface area contributed by atoms with Crippen LogP contribution in [0.3, 0.4) is 0 Å². The maximum absolute atomic E-state index is 12.2. The lowest BCUT2D eigenvalue weighted by atomic mass is 10.1. The summed E-state index contributed by atoms with van der Waals surface area (Å²) in [6.07, 6.45) is -4.57. The van der Waals surface area contributed by atoms with Crippen molar-refractivity contribution in [2.45, 2.75) is 13.1 Å². The van der Waals surface area contributed by atoms with Gasteiger partial charge in [-0.25, -0.2) is 0 Å². The van der Waals surface area contributed by atoms with Crippen LogP contribution in [0.15, 0.2) is 12.1 Å². The highest BCUT2D eigenvalue weighted by molar-refractivity contribution is 6.30. The molecule has 0 spiro atoms. The zero-order valence-corrected chi connectivity index (χ0v) is 7.37. The minimum atomic E-state index is -4.57. The fourth-order valence-corrected chi connectivity index (χ4v) is 1.22. The number of phenolic OH excluding ortho intramolecular Hbond substituents is 1. The average molecular weight is 211 g/mol. The molecule has 1 aromatic rings. The van der Waals surface area contributed by atoms with Crippen molar-refractivity contribution in [2.75, 3.05) is 0 Å². The van der Waals surface area contributed by atoms with Crippen LogP contribution in [0.2, 0.25) is 5.02 Å². The molecule has 0 unspecified atom stereocenters. The van der Waals surface area contributed by atoms with Gasteiger partial charge in [-0.15, -0.1) is 0 Å². The summed E-state index contributed by atoms with van der Waals surface area (Å²) in [4.78, 5) is 0. The molecule has 0 radical (unpaired) electrons. The summed E-state index contributed by atoms with van der Waals surface area (Å²) in [5, 5.41) is 9.04. The van der Waals surface area contributed by atoms with Crippen molar-refractivity contribution in [3.63, 3.8) is 0 Å². The second-order valence-corrected chi connectivity index (χ2v) is 3.05. The topological polar surface area (TPSA) is 20.2 Å². The molecular weight excluding hydrogens is 205 g/mol. The third kappa shape index (κ3) is 2.06. The summed E-state index contributed by atoms with van der Waals surface area (Å²) in [6.45, 7) is 1.36. The first kappa shape index (κ1) is 10.2. The summed E-state index contributed by atoms with van der Waals surface area (Å²) in [7, 11) is 0. The smallest absolute Gasteiger partial charge is 0.420 e. The molecule has 13 heavy (non-hydrogen) atoms. The Labute approximate surface area is 77.8 Å². The number of rotatable bonds is 0. The maximum Gasteiger partial charge on any atom is 0.420 e. The van der Waals surface area contributed by atoms with Gasteiger partial charge in [0.15, 0.2) is 0 Å². The molecular formula is C8H6ClF3O. The molecule has 0 aliphatic rings. The van der Waals surface area contributed by atoms with E-state index < -0.39 is 17.5 Å². The van der Waals surface area contributed by atoms with Gasteiger partial charge in [-0.05, 0) is 24.6 Å². The zero-order valence-electron chi connectivity index (χ0n) is 6.61. The third-order valence-corrected chi connectivity index (χ3v) is 1.79. The Morgan fingerprint density at radius 3 is 2.31 bits per heavy atom. The first-order chi connectivity index (χ1) is 5.82. The van der Waals surface area contributed by atoms with Crippen LogP contribution in [-0.4, -0.2) is 5.11 Å². The van der Waals surface area contributed by atoms with E-state index in [1.165, 1.54) is 13.0 Å². The predicted molar refractivity (Wildman–Crippen MR) is 42.9 cm³/mol. The van der Waals surface area contributed by atoms with Gasteiger partial charge in [0.2, 0.25) is 0 Å². The van der Waals surface area contributed by atoms with Gasteiger partial charge < -0.3 is 5.11 Å². The molecule has 0 aliphatic carbocycles. The Balaban J connectivity index is 3.37. The Bertz CT molecular complexity index is 333. The van der Waals surface area contributed by atoms with Gasteiger partial charge in [-0.2, -0.15) is 13.2 Å². The van der Waals surface area contributed by atoms with E-state index in [1.54, 1.807) is 0 Å². The third-order valence-electron chi connectivity index (χ3n) is 1.57. The number of hydrogen-bond acceptors (Lipinski definition) is 1. The van der Waals surface area contributed by atoms with E-state index in [1.807, 2.05) is 0 Å². The highest BCUT2D eigenvalue weighted by atomic mass is 35.5. The fraction of sp³-hybridized carbons (Fsp3) is 0.250. The summed E-state index contributed by atoms with van der Waals surface area (Å²) in [5.41, 5.74) is -0.989. The van der Waals surface area contributed by atoms with E-state index in [4.69, 9.17) is 16.7 Å². The molecule has 0 aliphatic heterocycles. The van der Waals surface area contributed by atoms with Gasteiger partial charge in [0.1, 0.15) is 5.75 Å². The van der Waals surface area contributed by atoms with E-state index in [-0.39, 0.29) is 10.6 Å². The van der Waals surface area contributed by atoms with E-state index >= 15 is 0 Å². The lowest BCUT2D eigenvalue weighted by molar-refractivity contribution is -0.138. The average Bonchev–Trinajstić information content (AvgIpc) is 1.94. The number of halogens is 4.